The summed E-state index contributed by atoms with van der Waals surface area (Å²) in [6.07, 6.45) is 0.278. The zero-order valence-corrected chi connectivity index (χ0v) is 14.4. The Morgan fingerprint density at radius 3 is 2.32 bits per heavy atom. The summed E-state index contributed by atoms with van der Waals surface area (Å²) in [6, 6.07) is 5.64. The molecule has 1 atom stereocenters. The summed E-state index contributed by atoms with van der Waals surface area (Å²) in [6.45, 7) is 5.08. The van der Waals surface area contributed by atoms with Crippen LogP contribution in [0, 0.1) is 5.92 Å². The maximum Gasteiger partial charge on any atom is 0.303 e. The number of hydrogen-bond acceptors (Lipinski definition) is 5. The molecule has 0 aromatic heterocycles. The Hall–Kier alpha value is -1.60. The summed E-state index contributed by atoms with van der Waals surface area (Å²) < 4.78 is 23.9. The van der Waals surface area contributed by atoms with E-state index in [1.165, 1.54) is 25.1 Å². The van der Waals surface area contributed by atoms with Crippen molar-refractivity contribution in [1.82, 2.24) is 0 Å². The molecule has 0 aliphatic carbocycles. The molecule has 1 unspecified atom stereocenters. The van der Waals surface area contributed by atoms with Crippen molar-refractivity contribution in [3.63, 3.8) is 0 Å². The molecule has 22 heavy (non-hydrogen) atoms. The van der Waals surface area contributed by atoms with Crippen LogP contribution in [0.3, 0.4) is 0 Å². The van der Waals surface area contributed by atoms with Gasteiger partial charge in [0, 0.05) is 6.42 Å². The summed E-state index contributed by atoms with van der Waals surface area (Å²) in [5.74, 6) is -0.732. The summed E-state index contributed by atoms with van der Waals surface area (Å²) >= 11 is -4.83. The number of amides is 1. The maximum atomic E-state index is 11.3. The van der Waals surface area contributed by atoms with E-state index in [1.54, 1.807) is 6.07 Å². The number of carbonyl (C=O) groups is 2. The van der Waals surface area contributed by atoms with Gasteiger partial charge in [-0.3, -0.25) is 4.79 Å². The number of benzene rings is 1. The first kappa shape index (κ1) is 20.4. The Morgan fingerprint density at radius 1 is 1.36 bits per heavy atom. The molecule has 124 valence electrons. The predicted octanol–water partition coefficient (Wildman–Crippen LogP) is 0.820. The first-order chi connectivity index (χ1) is 10.1. The topological polar surface area (TPSA) is 133 Å². The molecule has 0 saturated heterocycles. The van der Waals surface area contributed by atoms with Crippen LogP contribution in [0.2, 0.25) is 0 Å². The van der Waals surface area contributed by atoms with E-state index in [1.807, 2.05) is 13.8 Å². The van der Waals surface area contributed by atoms with Gasteiger partial charge in [0.2, 0.25) is 0 Å². The molecule has 8 nitrogen and oxygen atoms in total. The standard InChI is InChI=1S/C8H10AsNO5.C5H10O2/c1-6(11)10-8-4-2-3-7(5-8)9(12,13)15-14;1-4(2)3-5(6)7/h2-5,14H,1H3,(H,10,11)(H,12,13);4H,3H2,1-2H3,(H,6,7). The van der Waals surface area contributed by atoms with Crippen molar-refractivity contribution < 1.29 is 31.7 Å². The van der Waals surface area contributed by atoms with E-state index in [0.717, 1.165) is 0 Å². The van der Waals surface area contributed by atoms with Crippen molar-refractivity contribution >= 4 is 36.1 Å². The van der Waals surface area contributed by atoms with Crippen molar-refractivity contribution in [2.24, 2.45) is 5.92 Å². The van der Waals surface area contributed by atoms with Gasteiger partial charge in [-0.15, -0.1) is 0 Å². The van der Waals surface area contributed by atoms with E-state index in [9.17, 15) is 17.4 Å². The minimum absolute atomic E-state index is 0.0399. The molecule has 1 amide bonds. The van der Waals surface area contributed by atoms with E-state index < -0.39 is 20.1 Å². The van der Waals surface area contributed by atoms with Crippen LogP contribution in [0.15, 0.2) is 24.3 Å². The number of carboxylic acids is 1. The van der Waals surface area contributed by atoms with Crippen molar-refractivity contribution in [1.29, 1.82) is 0 Å². The molecule has 0 saturated carbocycles. The molecule has 1 aromatic rings. The third-order valence-corrected chi connectivity index (χ3v) is 4.60. The van der Waals surface area contributed by atoms with Crippen molar-refractivity contribution in [3.05, 3.63) is 24.3 Å². The third kappa shape index (κ3) is 8.63. The van der Waals surface area contributed by atoms with Gasteiger partial charge in [-0.05, 0) is 5.92 Å². The van der Waals surface area contributed by atoms with E-state index in [2.05, 4.69) is 9.19 Å². The van der Waals surface area contributed by atoms with Gasteiger partial charge in [0.15, 0.2) is 0 Å². The molecule has 1 aromatic carbocycles. The van der Waals surface area contributed by atoms with E-state index >= 15 is 0 Å². The van der Waals surface area contributed by atoms with Crippen molar-refractivity contribution in [2.45, 2.75) is 27.2 Å². The van der Waals surface area contributed by atoms with Gasteiger partial charge in [0.05, 0.1) is 0 Å². The molecule has 0 bridgehead atoms. The number of hydrogen-bond donors (Lipinski definition) is 4. The molecule has 0 aliphatic rings. The monoisotopic (exact) mass is 377 g/mol. The molecular formula is C13H20AsNO7. The summed E-state index contributed by atoms with van der Waals surface area (Å²) in [4.78, 5) is 20.5. The summed E-state index contributed by atoms with van der Waals surface area (Å²) in [7, 11) is 0. The Bertz CT molecular complexity index is 559. The van der Waals surface area contributed by atoms with Crippen LogP contribution in [0.4, 0.5) is 5.69 Å². The fourth-order valence-corrected chi connectivity index (χ4v) is 2.77. The number of anilines is 1. The SMILES string of the molecule is CC(=O)Nc1cccc([As](=O)(O)OO)c1.CC(C)CC(=O)O. The smallest absolute Gasteiger partial charge is 0.303 e. The second-order valence-electron chi connectivity index (χ2n) is 4.83. The predicted molar refractivity (Wildman–Crippen MR) is 79.8 cm³/mol. The molecule has 0 fully saturated rings. The third-order valence-electron chi connectivity index (χ3n) is 2.19. The average Bonchev–Trinajstić information content (AvgIpc) is 2.37. The second-order valence-corrected chi connectivity index (χ2v) is 8.44. The van der Waals surface area contributed by atoms with Crippen LogP contribution < -0.4 is 9.67 Å². The quantitative estimate of drug-likeness (QED) is 0.339. The zero-order chi connectivity index (χ0) is 17.3. The number of rotatable bonds is 5. The van der Waals surface area contributed by atoms with Gasteiger partial charge < -0.3 is 5.11 Å². The normalized spacial score (nSPS) is 12.8. The second kappa shape index (κ2) is 9.42. The van der Waals surface area contributed by atoms with Crippen LogP contribution in [-0.2, 0) is 17.2 Å². The number of carbonyl (C=O) groups excluding carboxylic acids is 1. The molecule has 4 N–H and O–H groups in total. The fourth-order valence-electron chi connectivity index (χ4n) is 1.36. The summed E-state index contributed by atoms with van der Waals surface area (Å²) in [5, 5.41) is 18.8. The molecular weight excluding hydrogens is 357 g/mol. The number of aliphatic carboxylic acids is 1. The van der Waals surface area contributed by atoms with Crippen molar-refractivity contribution in [3.8, 4) is 0 Å². The Balaban J connectivity index is 0.000000534. The van der Waals surface area contributed by atoms with E-state index in [-0.39, 0.29) is 22.6 Å². The van der Waals surface area contributed by atoms with Crippen LogP contribution in [0.25, 0.3) is 0 Å². The van der Waals surface area contributed by atoms with Gasteiger partial charge >= 0.3 is 94.4 Å². The van der Waals surface area contributed by atoms with Crippen LogP contribution in [0.5, 0.6) is 0 Å². The van der Waals surface area contributed by atoms with Gasteiger partial charge in [-0.1, -0.05) is 13.8 Å². The number of carboxylic acid groups (broad SMARTS) is 1. The number of nitrogens with one attached hydrogen (secondary N) is 1. The van der Waals surface area contributed by atoms with Gasteiger partial charge in [0.1, 0.15) is 0 Å². The summed E-state index contributed by atoms with van der Waals surface area (Å²) in [5.41, 5.74) is 0.368. The fraction of sp³-hybridized carbons (Fsp3) is 0.385. The minimum atomic E-state index is -4.83. The van der Waals surface area contributed by atoms with Crippen LogP contribution in [-0.4, -0.2) is 40.5 Å². The first-order valence-electron chi connectivity index (χ1n) is 6.34. The first-order valence-corrected chi connectivity index (χ1v) is 9.65. The van der Waals surface area contributed by atoms with E-state index in [4.69, 9.17) is 10.4 Å². The van der Waals surface area contributed by atoms with Gasteiger partial charge in [0.25, 0.3) is 0 Å². The molecule has 1 rings (SSSR count). The molecule has 0 heterocycles. The van der Waals surface area contributed by atoms with Crippen LogP contribution >= 0.6 is 0 Å². The Labute approximate surface area is 131 Å². The van der Waals surface area contributed by atoms with Crippen LogP contribution in [0.1, 0.15) is 27.2 Å². The molecule has 0 aliphatic heterocycles. The minimum Gasteiger partial charge on any atom is -0.481 e. The van der Waals surface area contributed by atoms with Crippen molar-refractivity contribution in [2.75, 3.05) is 5.32 Å². The Morgan fingerprint density at radius 2 is 1.95 bits per heavy atom. The molecule has 0 radical (unpaired) electrons. The average molecular weight is 377 g/mol. The van der Waals surface area contributed by atoms with Gasteiger partial charge in [-0.25, -0.2) is 0 Å². The molecule has 0 spiro atoms. The largest absolute Gasteiger partial charge is 0.481 e. The molecule has 9 heteroatoms. The maximum absolute atomic E-state index is 11.3. The zero-order valence-electron chi connectivity index (χ0n) is 12.5. The van der Waals surface area contributed by atoms with E-state index in [0.29, 0.717) is 5.69 Å². The van der Waals surface area contributed by atoms with Gasteiger partial charge in [-0.2, -0.15) is 0 Å². The Kier molecular flexibility index (Phi) is 8.74.